The summed E-state index contributed by atoms with van der Waals surface area (Å²) < 4.78 is 10.6. The van der Waals surface area contributed by atoms with Gasteiger partial charge in [-0.05, 0) is 37.5 Å². The smallest absolute Gasteiger partial charge is 0.231 e. The van der Waals surface area contributed by atoms with E-state index in [1.807, 2.05) is 25.1 Å². The lowest BCUT2D eigenvalue weighted by Gasteiger charge is -2.12. The number of ether oxygens (including phenoxy) is 2. The predicted octanol–water partition coefficient (Wildman–Crippen LogP) is 2.65. The fraction of sp³-hybridized carbons (Fsp3) is 0.533. The molecule has 1 aliphatic heterocycles. The van der Waals surface area contributed by atoms with Crippen LogP contribution in [0.5, 0.6) is 11.5 Å². The zero-order valence-electron chi connectivity index (χ0n) is 11.6. The Balaban J connectivity index is 1.80. The van der Waals surface area contributed by atoms with E-state index >= 15 is 0 Å². The minimum atomic E-state index is 0.110. The third-order valence-corrected chi connectivity index (χ3v) is 3.21. The molecule has 0 radical (unpaired) electrons. The SMILES string of the molecule is CCC[C@H](C)NC(=O)CCc1ccc2c(c1)OCO2. The number of nitrogens with one attached hydrogen (secondary N) is 1. The molecule has 0 fully saturated rings. The van der Waals surface area contributed by atoms with Crippen molar-refractivity contribution < 1.29 is 14.3 Å². The quantitative estimate of drug-likeness (QED) is 0.858. The number of benzene rings is 1. The Kier molecular flexibility index (Phi) is 4.66. The molecule has 0 unspecified atom stereocenters. The lowest BCUT2D eigenvalue weighted by molar-refractivity contribution is -0.121. The van der Waals surface area contributed by atoms with Gasteiger partial charge in [-0.15, -0.1) is 0 Å². The molecule has 1 atom stereocenters. The normalized spacial score (nSPS) is 14.2. The second-order valence-corrected chi connectivity index (χ2v) is 4.94. The van der Waals surface area contributed by atoms with E-state index in [-0.39, 0.29) is 18.7 Å². The van der Waals surface area contributed by atoms with Crippen molar-refractivity contribution in [2.75, 3.05) is 6.79 Å². The molecule has 0 aliphatic carbocycles. The minimum absolute atomic E-state index is 0.110. The average Bonchev–Trinajstić information content (AvgIpc) is 2.83. The molecule has 0 saturated carbocycles. The molecule has 1 heterocycles. The van der Waals surface area contributed by atoms with Gasteiger partial charge in [0.15, 0.2) is 11.5 Å². The fourth-order valence-corrected chi connectivity index (χ4v) is 2.21. The molecule has 0 spiro atoms. The van der Waals surface area contributed by atoms with Crippen LogP contribution in [0.15, 0.2) is 18.2 Å². The van der Waals surface area contributed by atoms with Crippen molar-refractivity contribution >= 4 is 5.91 Å². The van der Waals surface area contributed by atoms with Crippen molar-refractivity contribution in [2.24, 2.45) is 0 Å². The number of aryl methyl sites for hydroxylation is 1. The van der Waals surface area contributed by atoms with E-state index in [9.17, 15) is 4.79 Å². The molecule has 0 bridgehead atoms. The molecule has 0 aromatic heterocycles. The van der Waals surface area contributed by atoms with E-state index in [1.54, 1.807) is 0 Å². The first kappa shape index (κ1) is 13.7. The predicted molar refractivity (Wildman–Crippen MR) is 73.4 cm³/mol. The van der Waals surface area contributed by atoms with E-state index in [0.717, 1.165) is 36.3 Å². The van der Waals surface area contributed by atoms with Crippen LogP contribution >= 0.6 is 0 Å². The highest BCUT2D eigenvalue weighted by atomic mass is 16.7. The van der Waals surface area contributed by atoms with E-state index in [0.29, 0.717) is 6.42 Å². The number of carbonyl (C=O) groups is 1. The van der Waals surface area contributed by atoms with Crippen LogP contribution in [0.2, 0.25) is 0 Å². The van der Waals surface area contributed by atoms with Gasteiger partial charge in [0.25, 0.3) is 0 Å². The number of hydrogen-bond acceptors (Lipinski definition) is 3. The van der Waals surface area contributed by atoms with Crippen molar-refractivity contribution in [3.05, 3.63) is 23.8 Å². The van der Waals surface area contributed by atoms with Crippen LogP contribution in [0.1, 0.15) is 38.7 Å². The maximum Gasteiger partial charge on any atom is 0.231 e. The number of hydrogen-bond donors (Lipinski definition) is 1. The highest BCUT2D eigenvalue weighted by molar-refractivity contribution is 5.76. The van der Waals surface area contributed by atoms with Crippen LogP contribution in [0.4, 0.5) is 0 Å². The number of carbonyl (C=O) groups excluding carboxylic acids is 1. The van der Waals surface area contributed by atoms with Crippen molar-refractivity contribution in [3.8, 4) is 11.5 Å². The second-order valence-electron chi connectivity index (χ2n) is 4.94. The molecule has 4 heteroatoms. The first-order valence-corrected chi connectivity index (χ1v) is 6.87. The molecular weight excluding hydrogens is 242 g/mol. The highest BCUT2D eigenvalue weighted by Gasteiger charge is 2.13. The summed E-state index contributed by atoms with van der Waals surface area (Å²) in [6, 6.07) is 6.09. The highest BCUT2D eigenvalue weighted by Crippen LogP contribution is 2.32. The zero-order chi connectivity index (χ0) is 13.7. The third-order valence-electron chi connectivity index (χ3n) is 3.21. The summed E-state index contributed by atoms with van der Waals surface area (Å²) in [6.07, 6.45) is 3.34. The maximum absolute atomic E-state index is 11.8. The molecule has 0 saturated heterocycles. The van der Waals surface area contributed by atoms with Gasteiger partial charge in [-0.2, -0.15) is 0 Å². The van der Waals surface area contributed by atoms with E-state index < -0.39 is 0 Å². The summed E-state index contributed by atoms with van der Waals surface area (Å²) in [7, 11) is 0. The molecule has 2 rings (SSSR count). The Morgan fingerprint density at radius 1 is 1.37 bits per heavy atom. The first-order valence-electron chi connectivity index (χ1n) is 6.87. The summed E-state index contributed by atoms with van der Waals surface area (Å²) in [5.74, 6) is 1.67. The van der Waals surface area contributed by atoms with Gasteiger partial charge in [0.05, 0.1) is 0 Å². The lowest BCUT2D eigenvalue weighted by atomic mass is 10.1. The van der Waals surface area contributed by atoms with E-state index in [2.05, 4.69) is 12.2 Å². The average molecular weight is 263 g/mol. The topological polar surface area (TPSA) is 47.6 Å². The lowest BCUT2D eigenvalue weighted by Crippen LogP contribution is -2.32. The van der Waals surface area contributed by atoms with Gasteiger partial charge in [0.1, 0.15) is 0 Å². The summed E-state index contributed by atoms with van der Waals surface area (Å²) in [5, 5.41) is 3.01. The van der Waals surface area contributed by atoms with Crippen molar-refractivity contribution in [3.63, 3.8) is 0 Å². The first-order chi connectivity index (χ1) is 9.19. The van der Waals surface area contributed by atoms with Crippen LogP contribution in [-0.4, -0.2) is 18.7 Å². The summed E-state index contributed by atoms with van der Waals surface area (Å²) in [4.78, 5) is 11.8. The second kappa shape index (κ2) is 6.45. The van der Waals surface area contributed by atoms with Gasteiger partial charge in [-0.3, -0.25) is 4.79 Å². The Labute approximate surface area is 114 Å². The Hall–Kier alpha value is -1.71. The number of rotatable bonds is 6. The Morgan fingerprint density at radius 3 is 2.95 bits per heavy atom. The minimum Gasteiger partial charge on any atom is -0.454 e. The van der Waals surface area contributed by atoms with Crippen molar-refractivity contribution in [1.29, 1.82) is 0 Å². The molecule has 1 aliphatic rings. The third kappa shape index (κ3) is 3.88. The van der Waals surface area contributed by atoms with Crippen molar-refractivity contribution in [2.45, 2.75) is 45.6 Å². The van der Waals surface area contributed by atoms with Gasteiger partial charge >= 0.3 is 0 Å². The van der Waals surface area contributed by atoms with Gasteiger partial charge in [-0.25, -0.2) is 0 Å². The molecule has 1 aromatic rings. The van der Waals surface area contributed by atoms with Crippen LogP contribution in [0.3, 0.4) is 0 Å². The summed E-state index contributed by atoms with van der Waals surface area (Å²) in [6.45, 7) is 4.45. The van der Waals surface area contributed by atoms with Crippen LogP contribution in [0, 0.1) is 0 Å². The molecular formula is C15H21NO3. The summed E-state index contributed by atoms with van der Waals surface area (Å²) in [5.41, 5.74) is 1.10. The molecule has 1 aromatic carbocycles. The van der Waals surface area contributed by atoms with Crippen LogP contribution in [-0.2, 0) is 11.2 Å². The standard InChI is InChI=1S/C15H21NO3/c1-3-4-11(2)16-15(17)8-6-12-5-7-13-14(9-12)19-10-18-13/h5,7,9,11H,3-4,6,8,10H2,1-2H3,(H,16,17)/t11-/m0/s1. The molecule has 1 amide bonds. The van der Waals surface area contributed by atoms with Gasteiger partial charge in [0, 0.05) is 12.5 Å². The number of amides is 1. The van der Waals surface area contributed by atoms with E-state index in [1.165, 1.54) is 0 Å². The summed E-state index contributed by atoms with van der Waals surface area (Å²) >= 11 is 0. The largest absolute Gasteiger partial charge is 0.454 e. The van der Waals surface area contributed by atoms with E-state index in [4.69, 9.17) is 9.47 Å². The van der Waals surface area contributed by atoms with Gasteiger partial charge in [-0.1, -0.05) is 19.4 Å². The Morgan fingerprint density at radius 2 is 2.16 bits per heavy atom. The molecule has 19 heavy (non-hydrogen) atoms. The zero-order valence-corrected chi connectivity index (χ0v) is 11.6. The maximum atomic E-state index is 11.8. The molecule has 104 valence electrons. The van der Waals surface area contributed by atoms with Crippen molar-refractivity contribution in [1.82, 2.24) is 5.32 Å². The Bertz CT molecular complexity index is 445. The van der Waals surface area contributed by atoms with Gasteiger partial charge in [0.2, 0.25) is 12.7 Å². The monoisotopic (exact) mass is 263 g/mol. The fourth-order valence-electron chi connectivity index (χ4n) is 2.21. The van der Waals surface area contributed by atoms with Gasteiger partial charge < -0.3 is 14.8 Å². The van der Waals surface area contributed by atoms with Crippen LogP contribution in [0.25, 0.3) is 0 Å². The van der Waals surface area contributed by atoms with Crippen LogP contribution < -0.4 is 14.8 Å². The molecule has 1 N–H and O–H groups in total. The molecule has 4 nitrogen and oxygen atoms in total. The number of fused-ring (bicyclic) bond motifs is 1.